The van der Waals surface area contributed by atoms with Crippen molar-refractivity contribution in [3.8, 4) is 0 Å². The van der Waals surface area contributed by atoms with E-state index in [1.54, 1.807) is 0 Å². The molecule has 2 aromatic carbocycles. The highest BCUT2D eigenvalue weighted by Gasteiger charge is 2.07. The van der Waals surface area contributed by atoms with Crippen LogP contribution in [0.4, 0.5) is 11.4 Å². The number of hydrogen-bond donors (Lipinski definition) is 0. The molecule has 0 aliphatic rings. The van der Waals surface area contributed by atoms with Crippen molar-refractivity contribution in [2.75, 3.05) is 38.0 Å². The van der Waals surface area contributed by atoms with Gasteiger partial charge in [0.05, 0.1) is 0 Å². The Balaban J connectivity index is 1.94. The minimum absolute atomic E-state index is 0.196. The number of ketones is 1. The normalized spacial score (nSPS) is 10.4. The number of aryl methyl sites for hydroxylation is 1. The predicted molar refractivity (Wildman–Crippen MR) is 94.2 cm³/mol. The van der Waals surface area contributed by atoms with Crippen LogP contribution in [0, 0.1) is 0 Å². The van der Waals surface area contributed by atoms with Crippen LogP contribution in [0.25, 0.3) is 0 Å². The van der Waals surface area contributed by atoms with Crippen LogP contribution in [0.3, 0.4) is 0 Å². The van der Waals surface area contributed by atoms with Gasteiger partial charge in [-0.15, -0.1) is 0 Å². The molecule has 3 nitrogen and oxygen atoms in total. The summed E-state index contributed by atoms with van der Waals surface area (Å²) in [5, 5.41) is 0. The molecular weight excluding hydrogens is 272 g/mol. The van der Waals surface area contributed by atoms with E-state index in [0.717, 1.165) is 17.7 Å². The molecule has 2 rings (SSSR count). The number of hydrogen-bond acceptors (Lipinski definition) is 3. The molecule has 2 aromatic rings. The third-order valence-corrected chi connectivity index (χ3v) is 3.80. The molecule has 0 heterocycles. The van der Waals surface area contributed by atoms with Crippen molar-refractivity contribution >= 4 is 17.2 Å². The average Bonchev–Trinajstić information content (AvgIpc) is 2.53. The van der Waals surface area contributed by atoms with Crippen LogP contribution in [0.5, 0.6) is 0 Å². The number of Topliss-reactive ketones (excluding diaryl/α,β-unsaturated/α-hetero) is 1. The first kappa shape index (κ1) is 16.1. The van der Waals surface area contributed by atoms with Gasteiger partial charge < -0.3 is 9.80 Å². The molecular formula is C19H24N2O. The van der Waals surface area contributed by atoms with Gasteiger partial charge in [0.1, 0.15) is 0 Å². The Kier molecular flexibility index (Phi) is 5.21. The summed E-state index contributed by atoms with van der Waals surface area (Å²) in [5.41, 5.74) is 4.27. The van der Waals surface area contributed by atoms with Gasteiger partial charge in [-0.05, 0) is 48.4 Å². The van der Waals surface area contributed by atoms with Gasteiger partial charge in [-0.1, -0.05) is 12.1 Å². The molecule has 0 unspecified atom stereocenters. The number of carbonyl (C=O) groups is 1. The maximum absolute atomic E-state index is 12.3. The molecule has 0 N–H and O–H groups in total. The molecule has 116 valence electrons. The van der Waals surface area contributed by atoms with E-state index in [4.69, 9.17) is 0 Å². The molecule has 22 heavy (non-hydrogen) atoms. The van der Waals surface area contributed by atoms with Crippen molar-refractivity contribution in [3.63, 3.8) is 0 Å². The van der Waals surface area contributed by atoms with Crippen LogP contribution in [-0.4, -0.2) is 34.0 Å². The van der Waals surface area contributed by atoms with Gasteiger partial charge in [0, 0.05) is 51.5 Å². The summed E-state index contributed by atoms with van der Waals surface area (Å²) >= 11 is 0. The number of rotatable bonds is 6. The van der Waals surface area contributed by atoms with Crippen molar-refractivity contribution in [1.29, 1.82) is 0 Å². The number of nitrogens with zero attached hydrogens (tertiary/aromatic N) is 2. The molecule has 0 aliphatic heterocycles. The Morgan fingerprint density at radius 3 is 1.68 bits per heavy atom. The molecule has 0 saturated carbocycles. The highest BCUT2D eigenvalue weighted by molar-refractivity contribution is 5.96. The van der Waals surface area contributed by atoms with E-state index in [9.17, 15) is 4.79 Å². The first-order chi connectivity index (χ1) is 10.5. The van der Waals surface area contributed by atoms with Crippen LogP contribution < -0.4 is 9.80 Å². The molecule has 0 aromatic heterocycles. The van der Waals surface area contributed by atoms with Crippen LogP contribution in [-0.2, 0) is 6.42 Å². The second-order valence-corrected chi connectivity index (χ2v) is 5.93. The van der Waals surface area contributed by atoms with Crippen LogP contribution in [0.2, 0.25) is 0 Å². The topological polar surface area (TPSA) is 23.6 Å². The van der Waals surface area contributed by atoms with E-state index in [1.165, 1.54) is 11.3 Å². The van der Waals surface area contributed by atoms with Crippen LogP contribution in [0.1, 0.15) is 22.3 Å². The van der Waals surface area contributed by atoms with E-state index < -0.39 is 0 Å². The average molecular weight is 296 g/mol. The van der Waals surface area contributed by atoms with Crippen molar-refractivity contribution in [2.24, 2.45) is 0 Å². The summed E-state index contributed by atoms with van der Waals surface area (Å²) in [4.78, 5) is 16.4. The molecule has 0 spiro atoms. The molecule has 0 bridgehead atoms. The zero-order valence-electron chi connectivity index (χ0n) is 13.8. The summed E-state index contributed by atoms with van der Waals surface area (Å²) in [6.45, 7) is 0. The number of benzene rings is 2. The first-order valence-corrected chi connectivity index (χ1v) is 7.54. The molecule has 0 aliphatic carbocycles. The standard InChI is InChI=1S/C19H24N2O/c1-20(2)17-10-5-15(6-11-17)7-14-19(22)16-8-12-18(13-9-16)21(3)4/h5-6,8-13H,7,14H2,1-4H3. The fourth-order valence-corrected chi connectivity index (χ4v) is 2.31. The van der Waals surface area contributed by atoms with E-state index in [0.29, 0.717) is 6.42 Å². The maximum atomic E-state index is 12.3. The lowest BCUT2D eigenvalue weighted by Gasteiger charge is -2.13. The summed E-state index contributed by atoms with van der Waals surface area (Å²) in [6, 6.07) is 16.2. The third kappa shape index (κ3) is 4.10. The Bertz CT molecular complexity index is 613. The van der Waals surface area contributed by atoms with Gasteiger partial charge >= 0.3 is 0 Å². The zero-order chi connectivity index (χ0) is 16.1. The monoisotopic (exact) mass is 296 g/mol. The van der Waals surface area contributed by atoms with Crippen molar-refractivity contribution in [2.45, 2.75) is 12.8 Å². The lowest BCUT2D eigenvalue weighted by molar-refractivity contribution is 0.0983. The van der Waals surface area contributed by atoms with Crippen molar-refractivity contribution in [3.05, 3.63) is 59.7 Å². The minimum Gasteiger partial charge on any atom is -0.378 e. The first-order valence-electron chi connectivity index (χ1n) is 7.54. The second kappa shape index (κ2) is 7.12. The van der Waals surface area contributed by atoms with E-state index in [2.05, 4.69) is 29.2 Å². The molecule has 3 heteroatoms. The molecule has 0 saturated heterocycles. The van der Waals surface area contributed by atoms with Gasteiger partial charge in [0.25, 0.3) is 0 Å². The highest BCUT2D eigenvalue weighted by atomic mass is 16.1. The van der Waals surface area contributed by atoms with Gasteiger partial charge in [-0.2, -0.15) is 0 Å². The third-order valence-electron chi connectivity index (χ3n) is 3.80. The molecule has 0 fully saturated rings. The van der Waals surface area contributed by atoms with Gasteiger partial charge in [-0.25, -0.2) is 0 Å². The summed E-state index contributed by atoms with van der Waals surface area (Å²) in [5.74, 6) is 0.196. The van der Waals surface area contributed by atoms with Crippen molar-refractivity contribution < 1.29 is 4.79 Å². The van der Waals surface area contributed by atoms with E-state index in [1.807, 2.05) is 57.4 Å². The van der Waals surface area contributed by atoms with Gasteiger partial charge in [0.2, 0.25) is 0 Å². The highest BCUT2D eigenvalue weighted by Crippen LogP contribution is 2.16. The summed E-state index contributed by atoms with van der Waals surface area (Å²) < 4.78 is 0. The van der Waals surface area contributed by atoms with E-state index >= 15 is 0 Å². The summed E-state index contributed by atoms with van der Waals surface area (Å²) in [6.07, 6.45) is 1.32. The maximum Gasteiger partial charge on any atom is 0.163 e. The Morgan fingerprint density at radius 2 is 1.23 bits per heavy atom. The largest absolute Gasteiger partial charge is 0.378 e. The molecule has 0 atom stereocenters. The lowest BCUT2D eigenvalue weighted by atomic mass is 10.0. The van der Waals surface area contributed by atoms with Gasteiger partial charge in [0.15, 0.2) is 5.78 Å². The Morgan fingerprint density at radius 1 is 0.773 bits per heavy atom. The lowest BCUT2D eigenvalue weighted by Crippen LogP contribution is -2.09. The summed E-state index contributed by atoms with van der Waals surface area (Å²) in [7, 11) is 8.04. The smallest absolute Gasteiger partial charge is 0.163 e. The second-order valence-electron chi connectivity index (χ2n) is 5.93. The molecule has 0 radical (unpaired) electrons. The SMILES string of the molecule is CN(C)c1ccc(CCC(=O)c2ccc(N(C)C)cc2)cc1. The zero-order valence-corrected chi connectivity index (χ0v) is 13.8. The van der Waals surface area contributed by atoms with Crippen molar-refractivity contribution in [1.82, 2.24) is 0 Å². The van der Waals surface area contributed by atoms with Gasteiger partial charge in [-0.3, -0.25) is 4.79 Å². The predicted octanol–water partition coefficient (Wildman–Crippen LogP) is 3.63. The number of anilines is 2. The Labute approximate surface area is 133 Å². The van der Waals surface area contributed by atoms with Crippen LogP contribution in [0.15, 0.2) is 48.5 Å². The fraction of sp³-hybridized carbons (Fsp3) is 0.316. The fourth-order valence-electron chi connectivity index (χ4n) is 2.31. The minimum atomic E-state index is 0.196. The number of carbonyl (C=O) groups excluding carboxylic acids is 1. The Hall–Kier alpha value is -2.29. The van der Waals surface area contributed by atoms with E-state index in [-0.39, 0.29) is 5.78 Å². The molecule has 0 amide bonds. The van der Waals surface area contributed by atoms with Crippen LogP contribution >= 0.6 is 0 Å². The quantitative estimate of drug-likeness (QED) is 0.760.